The zero-order valence-electron chi connectivity index (χ0n) is 8.18. The first kappa shape index (κ1) is 9.99. The van der Waals surface area contributed by atoms with Gasteiger partial charge in [-0.05, 0) is 37.5 Å². The molecule has 78 valence electrons. The van der Waals surface area contributed by atoms with E-state index in [4.69, 9.17) is 0 Å². The molecule has 0 radical (unpaired) electrons. The van der Waals surface area contributed by atoms with Crippen molar-refractivity contribution in [2.45, 2.75) is 25.3 Å². The fourth-order valence-electron chi connectivity index (χ4n) is 1.58. The summed E-state index contributed by atoms with van der Waals surface area (Å²) in [5.41, 5.74) is -0.298. The summed E-state index contributed by atoms with van der Waals surface area (Å²) in [4.78, 5) is 13.8. The van der Waals surface area contributed by atoms with Crippen molar-refractivity contribution in [2.75, 3.05) is 0 Å². The van der Waals surface area contributed by atoms with Gasteiger partial charge in [0.05, 0.1) is 5.54 Å². The number of aliphatic imine (C=N–C) groups is 1. The minimum Gasteiger partial charge on any atom is -0.211 e. The Morgan fingerprint density at radius 3 is 2.27 bits per heavy atom. The second kappa shape index (κ2) is 3.24. The Morgan fingerprint density at radius 1 is 1.33 bits per heavy atom. The van der Waals surface area contributed by atoms with Crippen molar-refractivity contribution in [3.63, 3.8) is 0 Å². The molecule has 0 spiro atoms. The zero-order valence-corrected chi connectivity index (χ0v) is 8.18. The maximum Gasteiger partial charge on any atom is 0.235 e. The van der Waals surface area contributed by atoms with Gasteiger partial charge in [-0.2, -0.15) is 4.99 Å². The smallest absolute Gasteiger partial charge is 0.211 e. The largest absolute Gasteiger partial charge is 0.235 e. The van der Waals surface area contributed by atoms with Gasteiger partial charge in [0.1, 0.15) is 11.6 Å². The van der Waals surface area contributed by atoms with Gasteiger partial charge in [-0.15, -0.1) is 0 Å². The van der Waals surface area contributed by atoms with Gasteiger partial charge in [0, 0.05) is 5.56 Å². The molecule has 0 aliphatic heterocycles. The van der Waals surface area contributed by atoms with Crippen LogP contribution in [-0.4, -0.2) is 6.08 Å². The zero-order chi connectivity index (χ0) is 11.1. The average molecular weight is 209 g/mol. The predicted octanol–water partition coefficient (Wildman–Crippen LogP) is 2.60. The van der Waals surface area contributed by atoms with E-state index in [1.165, 1.54) is 25.1 Å². The van der Waals surface area contributed by atoms with Crippen molar-refractivity contribution in [1.82, 2.24) is 0 Å². The number of carbonyl (C=O) groups excluding carboxylic acids is 1. The van der Waals surface area contributed by atoms with Crippen molar-refractivity contribution < 1.29 is 13.6 Å². The van der Waals surface area contributed by atoms with E-state index in [2.05, 4.69) is 4.99 Å². The van der Waals surface area contributed by atoms with E-state index in [1.54, 1.807) is 0 Å². The van der Waals surface area contributed by atoms with Crippen LogP contribution in [0.1, 0.15) is 24.0 Å². The molecule has 0 unspecified atom stereocenters. The topological polar surface area (TPSA) is 29.4 Å². The molecule has 2 rings (SSSR count). The van der Waals surface area contributed by atoms with Crippen molar-refractivity contribution in [3.05, 3.63) is 34.9 Å². The number of halogens is 2. The highest BCUT2D eigenvalue weighted by atomic mass is 19.1. The SMILES string of the molecule is Cc1c(F)cc(C2(N=C=O)CC2)cc1F. The maximum absolute atomic E-state index is 13.3. The molecule has 4 heteroatoms. The number of benzene rings is 1. The molecule has 0 amide bonds. The average Bonchev–Trinajstić information content (AvgIpc) is 2.95. The number of hydrogen-bond donors (Lipinski definition) is 0. The van der Waals surface area contributed by atoms with Gasteiger partial charge in [-0.3, -0.25) is 0 Å². The number of nitrogens with zero attached hydrogens (tertiary/aromatic N) is 1. The van der Waals surface area contributed by atoms with Gasteiger partial charge in [-0.1, -0.05) is 0 Å². The molecule has 0 bridgehead atoms. The van der Waals surface area contributed by atoms with Crippen LogP contribution in [0.2, 0.25) is 0 Å². The van der Waals surface area contributed by atoms with Gasteiger partial charge in [0.2, 0.25) is 6.08 Å². The summed E-state index contributed by atoms with van der Waals surface area (Å²) in [7, 11) is 0. The predicted molar refractivity (Wildman–Crippen MR) is 50.1 cm³/mol. The third kappa shape index (κ3) is 1.57. The van der Waals surface area contributed by atoms with Crippen LogP contribution in [0.3, 0.4) is 0 Å². The first-order chi connectivity index (χ1) is 7.09. The van der Waals surface area contributed by atoms with Gasteiger partial charge in [0.15, 0.2) is 0 Å². The molecule has 1 aliphatic rings. The standard InChI is InChI=1S/C11H9F2NO/c1-7-9(12)4-8(5-10(7)13)11(2-3-11)14-6-15/h4-5H,2-3H2,1H3. The van der Waals surface area contributed by atoms with Crippen molar-refractivity contribution in [3.8, 4) is 0 Å². The lowest BCUT2D eigenvalue weighted by atomic mass is 10.0. The summed E-state index contributed by atoms with van der Waals surface area (Å²) >= 11 is 0. The minimum absolute atomic E-state index is 0.00960. The third-order valence-electron chi connectivity index (χ3n) is 2.80. The highest BCUT2D eigenvalue weighted by molar-refractivity contribution is 5.42. The Labute approximate surface area is 85.6 Å². The van der Waals surface area contributed by atoms with E-state index in [0.29, 0.717) is 18.4 Å². The first-order valence-corrected chi connectivity index (χ1v) is 4.64. The summed E-state index contributed by atoms with van der Waals surface area (Å²) in [6.45, 7) is 1.37. The van der Waals surface area contributed by atoms with Crippen LogP contribution in [-0.2, 0) is 10.3 Å². The highest BCUT2D eigenvalue weighted by Crippen LogP contribution is 2.49. The van der Waals surface area contributed by atoms with E-state index >= 15 is 0 Å². The fourth-order valence-corrected chi connectivity index (χ4v) is 1.58. The number of rotatable bonds is 2. The first-order valence-electron chi connectivity index (χ1n) is 4.64. The molecule has 1 aliphatic carbocycles. The lowest BCUT2D eigenvalue weighted by Crippen LogP contribution is -2.05. The summed E-state index contributed by atoms with van der Waals surface area (Å²) in [5, 5.41) is 0. The van der Waals surface area contributed by atoms with E-state index in [1.807, 2.05) is 0 Å². The monoisotopic (exact) mass is 209 g/mol. The summed E-state index contributed by atoms with van der Waals surface area (Å²) in [6, 6.07) is 2.48. The Morgan fingerprint density at radius 2 is 1.87 bits per heavy atom. The second-order valence-electron chi connectivity index (χ2n) is 3.80. The van der Waals surface area contributed by atoms with E-state index < -0.39 is 17.2 Å². The van der Waals surface area contributed by atoms with Crippen LogP contribution in [0.15, 0.2) is 17.1 Å². The molecule has 0 aromatic heterocycles. The molecule has 2 nitrogen and oxygen atoms in total. The molecule has 0 heterocycles. The summed E-state index contributed by atoms with van der Waals surface area (Å²) in [6.07, 6.45) is 2.74. The van der Waals surface area contributed by atoms with Crippen molar-refractivity contribution in [2.24, 2.45) is 4.99 Å². The van der Waals surface area contributed by atoms with E-state index in [-0.39, 0.29) is 5.56 Å². The molecule has 0 saturated heterocycles. The van der Waals surface area contributed by atoms with Gasteiger partial charge >= 0.3 is 0 Å². The Kier molecular flexibility index (Phi) is 2.16. The Balaban J connectivity index is 2.51. The summed E-state index contributed by atoms with van der Waals surface area (Å²) < 4.78 is 26.5. The van der Waals surface area contributed by atoms with Gasteiger partial charge < -0.3 is 0 Å². The maximum atomic E-state index is 13.3. The van der Waals surface area contributed by atoms with Gasteiger partial charge in [0.25, 0.3) is 0 Å². The molecule has 0 atom stereocenters. The molecule has 0 N–H and O–H groups in total. The molecule has 1 saturated carbocycles. The number of isocyanates is 1. The molecule has 1 aromatic carbocycles. The van der Waals surface area contributed by atoms with Crippen molar-refractivity contribution in [1.29, 1.82) is 0 Å². The van der Waals surface area contributed by atoms with E-state index in [0.717, 1.165) is 0 Å². The van der Waals surface area contributed by atoms with Crippen LogP contribution in [0.5, 0.6) is 0 Å². The van der Waals surface area contributed by atoms with Crippen LogP contribution < -0.4 is 0 Å². The van der Waals surface area contributed by atoms with Crippen LogP contribution in [0.4, 0.5) is 8.78 Å². The lowest BCUT2D eigenvalue weighted by molar-refractivity contribution is 0.547. The van der Waals surface area contributed by atoms with E-state index in [9.17, 15) is 13.6 Å². The normalized spacial score (nSPS) is 17.0. The molecule has 1 fully saturated rings. The fraction of sp³-hybridized carbons (Fsp3) is 0.364. The Hall–Kier alpha value is -1.54. The quantitative estimate of drug-likeness (QED) is 0.543. The highest BCUT2D eigenvalue weighted by Gasteiger charge is 2.45. The van der Waals surface area contributed by atoms with Crippen LogP contribution in [0, 0.1) is 18.6 Å². The number of hydrogen-bond acceptors (Lipinski definition) is 2. The molecular weight excluding hydrogens is 200 g/mol. The molecular formula is C11H9F2NO. The van der Waals surface area contributed by atoms with Crippen molar-refractivity contribution >= 4 is 6.08 Å². The molecule has 1 aromatic rings. The minimum atomic E-state index is -0.711. The molecule has 15 heavy (non-hydrogen) atoms. The Bertz CT molecular complexity index is 437. The summed E-state index contributed by atoms with van der Waals surface area (Å²) in [5.74, 6) is -1.20. The van der Waals surface area contributed by atoms with Crippen LogP contribution in [0.25, 0.3) is 0 Å². The second-order valence-corrected chi connectivity index (χ2v) is 3.80. The van der Waals surface area contributed by atoms with Crippen LogP contribution >= 0.6 is 0 Å². The van der Waals surface area contributed by atoms with Gasteiger partial charge in [-0.25, -0.2) is 13.6 Å². The third-order valence-corrected chi connectivity index (χ3v) is 2.80. The lowest BCUT2D eigenvalue weighted by Gasteiger charge is -2.09.